The van der Waals surface area contributed by atoms with Gasteiger partial charge in [0.15, 0.2) is 0 Å². The van der Waals surface area contributed by atoms with E-state index in [9.17, 15) is 4.79 Å². The van der Waals surface area contributed by atoms with Gasteiger partial charge in [-0.25, -0.2) is 0 Å². The monoisotopic (exact) mass is 295 g/mol. The lowest BCUT2D eigenvalue weighted by atomic mass is 9.48. The molecule has 0 spiro atoms. The summed E-state index contributed by atoms with van der Waals surface area (Å²) >= 11 is 0. The van der Waals surface area contributed by atoms with Gasteiger partial charge in [-0.05, 0) is 48.2 Å². The molecule has 0 aromatic heterocycles. The van der Waals surface area contributed by atoms with Gasteiger partial charge in [-0.15, -0.1) is 0 Å². The molecule has 1 saturated carbocycles. The Hall–Kier alpha value is -1.83. The van der Waals surface area contributed by atoms with Crippen LogP contribution in [0, 0.1) is 17.3 Å². The molecule has 1 aromatic rings. The summed E-state index contributed by atoms with van der Waals surface area (Å²) in [6.07, 6.45) is 10.8. The van der Waals surface area contributed by atoms with Crippen LogP contribution < -0.4 is 0 Å². The van der Waals surface area contributed by atoms with E-state index in [0.29, 0.717) is 5.41 Å². The molecule has 1 fully saturated rings. The number of carbonyl (C=O) groups excluding carboxylic acids is 1. The lowest BCUT2D eigenvalue weighted by Crippen LogP contribution is -2.48. The van der Waals surface area contributed by atoms with Crippen molar-refractivity contribution in [1.82, 2.24) is 4.90 Å². The smallest absolute Gasteiger partial charge is 0.213 e. The van der Waals surface area contributed by atoms with Gasteiger partial charge in [0.05, 0.1) is 0 Å². The van der Waals surface area contributed by atoms with Crippen molar-refractivity contribution in [3.8, 4) is 0 Å². The summed E-state index contributed by atoms with van der Waals surface area (Å²) in [5.74, 6) is 1.61. The Morgan fingerprint density at radius 2 is 2.05 bits per heavy atom. The number of fused-ring (bicyclic) bond motifs is 1. The van der Waals surface area contributed by atoms with Crippen molar-refractivity contribution in [1.29, 1.82) is 0 Å². The van der Waals surface area contributed by atoms with Crippen molar-refractivity contribution < 1.29 is 4.79 Å². The first-order chi connectivity index (χ1) is 10.6. The molecule has 22 heavy (non-hydrogen) atoms. The van der Waals surface area contributed by atoms with E-state index >= 15 is 0 Å². The number of hydrogen-bond acceptors (Lipinski definition) is 1. The Morgan fingerprint density at radius 3 is 2.68 bits per heavy atom. The normalized spacial score (nSPS) is 25.5. The van der Waals surface area contributed by atoms with E-state index in [-0.39, 0.29) is 0 Å². The molecule has 0 aliphatic heterocycles. The third-order valence-corrected chi connectivity index (χ3v) is 5.63. The molecule has 4 rings (SSSR count). The van der Waals surface area contributed by atoms with Crippen LogP contribution in [0.5, 0.6) is 0 Å². The van der Waals surface area contributed by atoms with E-state index in [0.717, 1.165) is 36.8 Å². The van der Waals surface area contributed by atoms with Crippen LogP contribution >= 0.6 is 0 Å². The van der Waals surface area contributed by atoms with Gasteiger partial charge in [0.2, 0.25) is 6.41 Å². The van der Waals surface area contributed by atoms with Crippen LogP contribution in [0.25, 0.3) is 6.08 Å². The molecule has 3 aliphatic rings. The van der Waals surface area contributed by atoms with Crippen LogP contribution in [-0.2, 0) is 4.79 Å². The molecule has 2 atom stereocenters. The van der Waals surface area contributed by atoms with E-state index in [1.165, 1.54) is 12.8 Å². The van der Waals surface area contributed by atoms with Gasteiger partial charge in [-0.2, -0.15) is 0 Å². The van der Waals surface area contributed by atoms with Crippen LogP contribution in [0.15, 0.2) is 48.2 Å². The second-order valence-electron chi connectivity index (χ2n) is 7.14. The Balaban J connectivity index is 1.57. The highest BCUT2D eigenvalue weighted by atomic mass is 16.1. The highest BCUT2D eigenvalue weighted by Gasteiger charge is 2.50. The van der Waals surface area contributed by atoms with Crippen LogP contribution in [0.3, 0.4) is 0 Å². The highest BCUT2D eigenvalue weighted by molar-refractivity contribution is 5.55. The van der Waals surface area contributed by atoms with E-state index in [1.54, 1.807) is 10.5 Å². The molecular formula is C20H25NO. The minimum atomic E-state index is 0.468. The van der Waals surface area contributed by atoms with Crippen molar-refractivity contribution in [3.05, 3.63) is 53.7 Å². The van der Waals surface area contributed by atoms with Crippen molar-refractivity contribution in [2.24, 2.45) is 17.3 Å². The number of amides is 1. The van der Waals surface area contributed by atoms with E-state index < -0.39 is 0 Å². The predicted molar refractivity (Wildman–Crippen MR) is 90.9 cm³/mol. The lowest BCUT2D eigenvalue weighted by molar-refractivity contribution is -0.115. The number of nitrogens with zero attached hydrogens (tertiary/aromatic N) is 1. The van der Waals surface area contributed by atoms with Gasteiger partial charge in [0.25, 0.3) is 0 Å². The standard InChI is InChI=1S/C20H25NO/c1-20(2)18-9-8-17(19(20)14-18)11-13-21(15-22)12-10-16-6-4-3-5-7-16/h3-8,10,12,15,18-19H,9,11,13-14H2,1-2H3/b12-10+/t18-,19-/m0/s1. The van der Waals surface area contributed by atoms with Crippen LogP contribution in [0.4, 0.5) is 0 Å². The van der Waals surface area contributed by atoms with Crippen LogP contribution in [0.2, 0.25) is 0 Å². The molecule has 0 N–H and O–H groups in total. The maximum Gasteiger partial charge on any atom is 0.213 e. The van der Waals surface area contributed by atoms with Gasteiger partial charge in [-0.3, -0.25) is 4.79 Å². The van der Waals surface area contributed by atoms with Gasteiger partial charge in [-0.1, -0.05) is 55.8 Å². The summed E-state index contributed by atoms with van der Waals surface area (Å²) in [7, 11) is 0. The van der Waals surface area contributed by atoms with Crippen LogP contribution in [0.1, 0.15) is 38.7 Å². The first-order valence-corrected chi connectivity index (χ1v) is 8.24. The molecule has 2 heteroatoms. The van der Waals surface area contributed by atoms with Crippen LogP contribution in [-0.4, -0.2) is 17.9 Å². The fourth-order valence-electron chi connectivity index (χ4n) is 3.92. The van der Waals surface area contributed by atoms with Crippen molar-refractivity contribution in [2.45, 2.75) is 33.1 Å². The Bertz CT molecular complexity index is 585. The van der Waals surface area contributed by atoms with Gasteiger partial charge in [0, 0.05) is 12.7 Å². The number of hydrogen-bond donors (Lipinski definition) is 0. The molecule has 3 aliphatic carbocycles. The van der Waals surface area contributed by atoms with Gasteiger partial charge < -0.3 is 4.90 Å². The zero-order valence-electron chi connectivity index (χ0n) is 13.5. The third-order valence-electron chi connectivity index (χ3n) is 5.63. The second-order valence-corrected chi connectivity index (χ2v) is 7.14. The first-order valence-electron chi connectivity index (χ1n) is 8.24. The van der Waals surface area contributed by atoms with Crippen molar-refractivity contribution in [3.63, 3.8) is 0 Å². The summed E-state index contributed by atoms with van der Waals surface area (Å²) in [4.78, 5) is 13.0. The number of benzene rings is 1. The quantitative estimate of drug-likeness (QED) is 0.559. The molecule has 116 valence electrons. The van der Waals surface area contributed by atoms with E-state index in [2.05, 4.69) is 19.9 Å². The lowest BCUT2D eigenvalue weighted by Gasteiger charge is -2.56. The molecule has 2 nitrogen and oxygen atoms in total. The van der Waals surface area contributed by atoms with Gasteiger partial charge >= 0.3 is 0 Å². The molecule has 0 heterocycles. The minimum Gasteiger partial charge on any atom is -0.321 e. The number of carbonyl (C=O) groups is 1. The zero-order valence-corrected chi connectivity index (χ0v) is 13.5. The van der Waals surface area contributed by atoms with E-state index in [1.807, 2.05) is 42.6 Å². The minimum absolute atomic E-state index is 0.468. The SMILES string of the molecule is CC1(C)[C@H]2CC=C(CCN(C=O)/C=C/c3ccccc3)[C@@H]1C2. The second kappa shape index (κ2) is 6.12. The molecule has 0 radical (unpaired) electrons. The molecule has 0 saturated heterocycles. The Morgan fingerprint density at radius 1 is 1.27 bits per heavy atom. The Kier molecular flexibility index (Phi) is 4.19. The third kappa shape index (κ3) is 2.87. The summed E-state index contributed by atoms with van der Waals surface area (Å²) in [6, 6.07) is 10.1. The zero-order chi connectivity index (χ0) is 15.6. The average molecular weight is 295 g/mol. The summed E-state index contributed by atoms with van der Waals surface area (Å²) < 4.78 is 0. The predicted octanol–water partition coefficient (Wildman–Crippen LogP) is 4.50. The molecule has 0 unspecified atom stereocenters. The molecule has 1 aromatic carbocycles. The molecular weight excluding hydrogens is 270 g/mol. The topological polar surface area (TPSA) is 20.3 Å². The average Bonchev–Trinajstić information content (AvgIpc) is 2.56. The largest absolute Gasteiger partial charge is 0.321 e. The highest BCUT2D eigenvalue weighted by Crippen LogP contribution is 2.59. The van der Waals surface area contributed by atoms with E-state index in [4.69, 9.17) is 0 Å². The van der Waals surface area contributed by atoms with Crippen molar-refractivity contribution in [2.75, 3.05) is 6.54 Å². The maximum atomic E-state index is 11.3. The van der Waals surface area contributed by atoms with Gasteiger partial charge in [0.1, 0.15) is 0 Å². The maximum absolute atomic E-state index is 11.3. The fourth-order valence-corrected chi connectivity index (χ4v) is 3.92. The number of allylic oxidation sites excluding steroid dienone is 1. The number of rotatable bonds is 6. The summed E-state index contributed by atoms with van der Waals surface area (Å²) in [5.41, 5.74) is 3.15. The first kappa shape index (κ1) is 15.1. The fraction of sp³-hybridized carbons (Fsp3) is 0.450. The summed E-state index contributed by atoms with van der Waals surface area (Å²) in [6.45, 7) is 5.56. The molecule has 2 bridgehead atoms. The molecule has 1 amide bonds. The Labute approximate surface area is 133 Å². The summed E-state index contributed by atoms with van der Waals surface area (Å²) in [5, 5.41) is 0. The van der Waals surface area contributed by atoms with Crippen molar-refractivity contribution >= 4 is 12.5 Å².